The Balaban J connectivity index is 2.47. The van der Waals surface area contributed by atoms with Crippen molar-refractivity contribution in [2.24, 2.45) is 0 Å². The molecule has 1 fully saturated rings. The summed E-state index contributed by atoms with van der Waals surface area (Å²) >= 11 is 0. The van der Waals surface area contributed by atoms with Crippen LogP contribution in [0.5, 0.6) is 0 Å². The first kappa shape index (κ1) is 19.3. The minimum absolute atomic E-state index is 0.118. The standard InChI is InChI=1S/C14H26O8/c1-2-3-4-5-6-7-9(16)21-13-11(18)10(17)12(19)14(20,8-15)22-13/h10-13,15,17-20H,2-8H2,1H3/t10-,11+,12+,13?,14+/m1/s1. The van der Waals surface area contributed by atoms with Crippen LogP contribution < -0.4 is 0 Å². The third kappa shape index (κ3) is 4.87. The van der Waals surface area contributed by atoms with E-state index in [0.717, 1.165) is 25.7 Å². The molecule has 0 amide bonds. The average Bonchev–Trinajstić information content (AvgIpc) is 2.50. The van der Waals surface area contributed by atoms with Gasteiger partial charge in [-0.15, -0.1) is 0 Å². The van der Waals surface area contributed by atoms with Crippen molar-refractivity contribution < 1.29 is 39.8 Å². The van der Waals surface area contributed by atoms with Crippen molar-refractivity contribution in [2.45, 2.75) is 75.8 Å². The Labute approximate surface area is 129 Å². The molecule has 5 atom stereocenters. The molecule has 0 saturated carbocycles. The van der Waals surface area contributed by atoms with Crippen LogP contribution in [0.15, 0.2) is 0 Å². The third-order valence-corrected chi connectivity index (χ3v) is 3.69. The van der Waals surface area contributed by atoms with Crippen LogP contribution in [0.25, 0.3) is 0 Å². The highest BCUT2D eigenvalue weighted by Gasteiger charge is 2.53. The summed E-state index contributed by atoms with van der Waals surface area (Å²) in [6.45, 7) is 1.06. The van der Waals surface area contributed by atoms with Gasteiger partial charge >= 0.3 is 5.97 Å². The van der Waals surface area contributed by atoms with Gasteiger partial charge in [-0.05, 0) is 6.42 Å². The van der Waals surface area contributed by atoms with Crippen molar-refractivity contribution >= 4 is 5.97 Å². The van der Waals surface area contributed by atoms with Gasteiger partial charge in [-0.1, -0.05) is 32.6 Å². The van der Waals surface area contributed by atoms with E-state index in [9.17, 15) is 25.2 Å². The van der Waals surface area contributed by atoms with Crippen molar-refractivity contribution in [3.8, 4) is 0 Å². The number of ether oxygens (including phenoxy) is 2. The SMILES string of the molecule is CCCCCCCC(=O)OC1O[C@@](O)(CO)[C@@H](O)[C@H](O)[C@@H]1O. The second-order valence-electron chi connectivity index (χ2n) is 5.57. The van der Waals surface area contributed by atoms with Gasteiger partial charge in [0.1, 0.15) is 18.3 Å². The molecule has 1 heterocycles. The molecule has 1 saturated heterocycles. The van der Waals surface area contributed by atoms with Gasteiger partial charge in [-0.25, -0.2) is 0 Å². The highest BCUT2D eigenvalue weighted by atomic mass is 16.8. The molecule has 1 unspecified atom stereocenters. The fourth-order valence-corrected chi connectivity index (χ4v) is 2.24. The Morgan fingerprint density at radius 1 is 1.14 bits per heavy atom. The molecule has 0 spiro atoms. The number of carbonyl (C=O) groups excluding carboxylic acids is 1. The molecule has 0 aromatic heterocycles. The van der Waals surface area contributed by atoms with Crippen LogP contribution in [0.1, 0.15) is 45.4 Å². The topological polar surface area (TPSA) is 137 Å². The lowest BCUT2D eigenvalue weighted by molar-refractivity contribution is -0.390. The number of hydrogen-bond donors (Lipinski definition) is 5. The Morgan fingerprint density at radius 3 is 2.36 bits per heavy atom. The summed E-state index contributed by atoms with van der Waals surface area (Å²) in [6, 6.07) is 0. The zero-order valence-corrected chi connectivity index (χ0v) is 12.7. The van der Waals surface area contributed by atoms with E-state index in [-0.39, 0.29) is 6.42 Å². The second kappa shape index (κ2) is 8.76. The predicted molar refractivity (Wildman–Crippen MR) is 74.4 cm³/mol. The van der Waals surface area contributed by atoms with Crippen molar-refractivity contribution in [1.82, 2.24) is 0 Å². The molecule has 0 bridgehead atoms. The molecule has 5 N–H and O–H groups in total. The van der Waals surface area contributed by atoms with Gasteiger partial charge in [0.2, 0.25) is 12.1 Å². The Bertz CT molecular complexity index is 350. The fraction of sp³-hybridized carbons (Fsp3) is 0.929. The zero-order chi connectivity index (χ0) is 16.8. The van der Waals surface area contributed by atoms with Crippen molar-refractivity contribution in [3.63, 3.8) is 0 Å². The van der Waals surface area contributed by atoms with E-state index in [0.29, 0.717) is 6.42 Å². The van der Waals surface area contributed by atoms with Gasteiger partial charge < -0.3 is 35.0 Å². The van der Waals surface area contributed by atoms with Gasteiger partial charge in [0.05, 0.1) is 6.61 Å². The van der Waals surface area contributed by atoms with Crippen molar-refractivity contribution in [1.29, 1.82) is 0 Å². The van der Waals surface area contributed by atoms with E-state index in [1.165, 1.54) is 0 Å². The van der Waals surface area contributed by atoms with Gasteiger partial charge in [0.15, 0.2) is 0 Å². The van der Waals surface area contributed by atoms with E-state index in [1.54, 1.807) is 0 Å². The number of aliphatic hydroxyl groups excluding tert-OH is 4. The summed E-state index contributed by atoms with van der Waals surface area (Å²) in [5.41, 5.74) is 0. The number of esters is 1. The molecule has 22 heavy (non-hydrogen) atoms. The van der Waals surface area contributed by atoms with Crippen LogP contribution in [0.2, 0.25) is 0 Å². The highest BCUT2D eigenvalue weighted by Crippen LogP contribution is 2.28. The molecule has 0 aromatic rings. The van der Waals surface area contributed by atoms with Crippen molar-refractivity contribution in [3.05, 3.63) is 0 Å². The molecule has 0 aliphatic carbocycles. The second-order valence-corrected chi connectivity index (χ2v) is 5.57. The lowest BCUT2D eigenvalue weighted by Crippen LogP contribution is -2.66. The molecule has 8 heteroatoms. The maximum atomic E-state index is 11.7. The summed E-state index contributed by atoms with van der Waals surface area (Å²) < 4.78 is 9.71. The quantitative estimate of drug-likeness (QED) is 0.284. The van der Waals surface area contributed by atoms with Gasteiger partial charge in [-0.3, -0.25) is 4.79 Å². The van der Waals surface area contributed by atoms with Gasteiger partial charge in [0.25, 0.3) is 0 Å². The molecular formula is C14H26O8. The molecule has 0 radical (unpaired) electrons. The first-order chi connectivity index (χ1) is 10.4. The molecule has 8 nitrogen and oxygen atoms in total. The van der Waals surface area contributed by atoms with E-state index >= 15 is 0 Å². The average molecular weight is 322 g/mol. The predicted octanol–water partition coefficient (Wildman–Crippen LogP) is -0.990. The monoisotopic (exact) mass is 322 g/mol. The number of aliphatic hydroxyl groups is 5. The first-order valence-corrected chi connectivity index (χ1v) is 7.60. The zero-order valence-electron chi connectivity index (χ0n) is 12.7. The fourth-order valence-electron chi connectivity index (χ4n) is 2.24. The maximum absolute atomic E-state index is 11.7. The molecule has 1 rings (SSSR count). The molecular weight excluding hydrogens is 296 g/mol. The van der Waals surface area contributed by atoms with E-state index < -0.39 is 43.0 Å². The molecule has 0 aromatic carbocycles. The van der Waals surface area contributed by atoms with Crippen LogP contribution >= 0.6 is 0 Å². The Hall–Kier alpha value is -0.770. The first-order valence-electron chi connectivity index (χ1n) is 7.60. The van der Waals surface area contributed by atoms with Crippen LogP contribution in [0, 0.1) is 0 Å². The Morgan fingerprint density at radius 2 is 1.77 bits per heavy atom. The normalized spacial score (nSPS) is 35.4. The van der Waals surface area contributed by atoms with Crippen LogP contribution in [-0.4, -0.2) is 68.5 Å². The number of unbranched alkanes of at least 4 members (excludes halogenated alkanes) is 4. The van der Waals surface area contributed by atoms with Gasteiger partial charge in [0, 0.05) is 6.42 Å². The minimum Gasteiger partial charge on any atom is -0.433 e. The number of hydrogen-bond acceptors (Lipinski definition) is 8. The van der Waals surface area contributed by atoms with Crippen LogP contribution in [0.3, 0.4) is 0 Å². The lowest BCUT2D eigenvalue weighted by atomic mass is 9.96. The third-order valence-electron chi connectivity index (χ3n) is 3.69. The van der Waals surface area contributed by atoms with Crippen molar-refractivity contribution in [2.75, 3.05) is 6.61 Å². The Kier molecular flexibility index (Phi) is 7.67. The summed E-state index contributed by atoms with van der Waals surface area (Å²) in [4.78, 5) is 11.7. The smallest absolute Gasteiger partial charge is 0.308 e. The maximum Gasteiger partial charge on any atom is 0.308 e. The number of carbonyl (C=O) groups is 1. The number of rotatable bonds is 8. The van der Waals surface area contributed by atoms with Gasteiger partial charge in [-0.2, -0.15) is 0 Å². The van der Waals surface area contributed by atoms with Crippen LogP contribution in [0.4, 0.5) is 0 Å². The molecule has 130 valence electrons. The minimum atomic E-state index is -2.50. The lowest BCUT2D eigenvalue weighted by Gasteiger charge is -2.43. The van der Waals surface area contributed by atoms with Crippen LogP contribution in [-0.2, 0) is 14.3 Å². The summed E-state index contributed by atoms with van der Waals surface area (Å²) in [7, 11) is 0. The summed E-state index contributed by atoms with van der Waals surface area (Å²) in [5, 5.41) is 47.7. The van der Waals surface area contributed by atoms with E-state index in [1.807, 2.05) is 0 Å². The largest absolute Gasteiger partial charge is 0.433 e. The van der Waals surface area contributed by atoms with E-state index in [4.69, 9.17) is 14.6 Å². The highest BCUT2D eigenvalue weighted by molar-refractivity contribution is 5.69. The molecule has 1 aliphatic rings. The van der Waals surface area contributed by atoms with E-state index in [2.05, 4.69) is 6.92 Å². The molecule has 1 aliphatic heterocycles. The summed E-state index contributed by atoms with van der Waals surface area (Å²) in [6.07, 6.45) is -2.29. The summed E-state index contributed by atoms with van der Waals surface area (Å²) in [5.74, 6) is -3.14.